The summed E-state index contributed by atoms with van der Waals surface area (Å²) in [6.45, 7) is 11.4. The molecule has 1 amide bonds. The number of piperazine rings is 1. The summed E-state index contributed by atoms with van der Waals surface area (Å²) in [6, 6.07) is 5.99. The summed E-state index contributed by atoms with van der Waals surface area (Å²) in [6.07, 6.45) is 4.81. The fraction of sp³-hybridized carbons (Fsp3) is 0.655. The number of benzene rings is 1. The molecule has 5 atom stereocenters. The largest absolute Gasteiger partial charge is 0.389 e. The molecular formula is C29H39ClN4O4. The van der Waals surface area contributed by atoms with Crippen molar-refractivity contribution in [3.8, 4) is 0 Å². The van der Waals surface area contributed by atoms with E-state index in [-0.39, 0.29) is 34.8 Å². The lowest BCUT2D eigenvalue weighted by Gasteiger charge is -2.45. The first-order chi connectivity index (χ1) is 18.2. The number of carbonyl (C=O) groups is 1. The number of rotatable bonds is 5. The Hall–Kier alpha value is -1.97. The molecule has 0 spiro atoms. The number of fused-ring (bicyclic) bond motifs is 1. The average Bonchev–Trinajstić information content (AvgIpc) is 3.34. The molecule has 1 aromatic carbocycles. The lowest BCUT2D eigenvalue weighted by Crippen LogP contribution is -2.60. The van der Waals surface area contributed by atoms with E-state index in [0.717, 1.165) is 62.1 Å². The molecular weight excluding hydrogens is 504 g/mol. The predicted octanol–water partition coefficient (Wildman–Crippen LogP) is 3.94. The van der Waals surface area contributed by atoms with Crippen LogP contribution in [0.2, 0.25) is 5.02 Å². The summed E-state index contributed by atoms with van der Waals surface area (Å²) in [5.74, 6) is 0.782. The van der Waals surface area contributed by atoms with Crippen LogP contribution in [-0.4, -0.2) is 84.6 Å². The Morgan fingerprint density at radius 2 is 1.92 bits per heavy atom. The number of hydrogen-bond acceptors (Lipinski definition) is 7. The molecule has 8 nitrogen and oxygen atoms in total. The third-order valence-electron chi connectivity index (χ3n) is 9.58. The molecule has 4 aliphatic rings. The minimum absolute atomic E-state index is 0.0258. The second-order valence-corrected chi connectivity index (χ2v) is 12.7. The topological polar surface area (TPSA) is 87.2 Å². The van der Waals surface area contributed by atoms with Crippen molar-refractivity contribution >= 4 is 39.8 Å². The molecule has 38 heavy (non-hydrogen) atoms. The van der Waals surface area contributed by atoms with Gasteiger partial charge in [0.1, 0.15) is 5.82 Å². The Morgan fingerprint density at radius 1 is 1.13 bits per heavy atom. The van der Waals surface area contributed by atoms with E-state index in [4.69, 9.17) is 21.1 Å². The molecule has 3 saturated heterocycles. The summed E-state index contributed by atoms with van der Waals surface area (Å²) in [5, 5.41) is 16.1. The van der Waals surface area contributed by atoms with Crippen LogP contribution in [0, 0.1) is 17.3 Å². The third-order valence-corrected chi connectivity index (χ3v) is 9.88. The van der Waals surface area contributed by atoms with Gasteiger partial charge in [-0.15, -0.1) is 0 Å². The van der Waals surface area contributed by atoms with E-state index in [2.05, 4.69) is 46.9 Å². The van der Waals surface area contributed by atoms with Gasteiger partial charge in [0.15, 0.2) is 0 Å². The third kappa shape index (κ3) is 4.58. The van der Waals surface area contributed by atoms with Gasteiger partial charge in [-0.2, -0.15) is 0 Å². The zero-order chi connectivity index (χ0) is 26.7. The summed E-state index contributed by atoms with van der Waals surface area (Å²) < 4.78 is 11.6. The van der Waals surface area contributed by atoms with Crippen molar-refractivity contribution in [1.82, 2.24) is 9.88 Å². The number of aliphatic hydroxyl groups excluding tert-OH is 1. The monoisotopic (exact) mass is 542 g/mol. The minimum Gasteiger partial charge on any atom is -0.389 e. The van der Waals surface area contributed by atoms with Crippen LogP contribution in [0.5, 0.6) is 0 Å². The van der Waals surface area contributed by atoms with Crippen molar-refractivity contribution in [1.29, 1.82) is 0 Å². The zero-order valence-corrected chi connectivity index (χ0v) is 23.3. The molecule has 9 heteroatoms. The number of nitrogens with one attached hydrogen (secondary N) is 1. The van der Waals surface area contributed by atoms with Gasteiger partial charge in [-0.25, -0.2) is 4.98 Å². The number of ether oxygens (including phenoxy) is 2. The van der Waals surface area contributed by atoms with Gasteiger partial charge < -0.3 is 24.8 Å². The predicted molar refractivity (Wildman–Crippen MR) is 149 cm³/mol. The van der Waals surface area contributed by atoms with Crippen LogP contribution in [0.1, 0.15) is 40.0 Å². The molecule has 4 fully saturated rings. The second kappa shape index (κ2) is 9.89. The van der Waals surface area contributed by atoms with Gasteiger partial charge in [0.05, 0.1) is 41.7 Å². The van der Waals surface area contributed by atoms with Crippen molar-refractivity contribution in [2.45, 2.75) is 57.8 Å². The van der Waals surface area contributed by atoms with E-state index < -0.39 is 6.10 Å². The van der Waals surface area contributed by atoms with Crippen LogP contribution in [0.15, 0.2) is 24.4 Å². The molecule has 0 unspecified atom stereocenters. The fourth-order valence-electron chi connectivity index (χ4n) is 7.00. The van der Waals surface area contributed by atoms with E-state index in [1.165, 1.54) is 6.42 Å². The maximum Gasteiger partial charge on any atom is 0.229 e. The Labute approximate surface area is 229 Å². The summed E-state index contributed by atoms with van der Waals surface area (Å²) >= 11 is 6.72. The number of amides is 1. The van der Waals surface area contributed by atoms with E-state index in [1.54, 1.807) is 6.20 Å². The Morgan fingerprint density at radius 3 is 2.61 bits per heavy atom. The van der Waals surface area contributed by atoms with Crippen LogP contribution < -0.4 is 10.2 Å². The fourth-order valence-corrected chi connectivity index (χ4v) is 7.29. The maximum atomic E-state index is 13.3. The lowest BCUT2D eigenvalue weighted by atomic mass is 9.95. The summed E-state index contributed by atoms with van der Waals surface area (Å²) in [7, 11) is 0. The number of carbonyl (C=O) groups excluding carboxylic acids is 1. The number of pyridine rings is 1. The number of halogens is 1. The molecule has 4 heterocycles. The highest BCUT2D eigenvalue weighted by molar-refractivity contribution is 6.34. The van der Waals surface area contributed by atoms with Crippen LogP contribution >= 0.6 is 11.6 Å². The normalized spacial score (nSPS) is 33.4. The summed E-state index contributed by atoms with van der Waals surface area (Å²) in [5.41, 5.74) is 0.577. The van der Waals surface area contributed by atoms with E-state index in [1.807, 2.05) is 12.1 Å². The number of aliphatic hydroxyl groups is 1. The minimum atomic E-state index is -0.467. The SMILES string of the molecule is CC1(C)[C@H]([C@H]2CCCCO2)[C@H]1C(=O)Nc1cc2cc(N3CCN([C@]4(C)COC[C@@H]4O)CC3)c(Cl)cc2cn1. The van der Waals surface area contributed by atoms with E-state index in [0.29, 0.717) is 24.1 Å². The molecule has 206 valence electrons. The molecule has 6 rings (SSSR count). The molecule has 1 aromatic heterocycles. The highest BCUT2D eigenvalue weighted by Gasteiger charge is 2.64. The van der Waals surface area contributed by atoms with Gasteiger partial charge in [0.2, 0.25) is 5.91 Å². The summed E-state index contributed by atoms with van der Waals surface area (Å²) in [4.78, 5) is 22.4. The van der Waals surface area contributed by atoms with Gasteiger partial charge in [0, 0.05) is 56.2 Å². The van der Waals surface area contributed by atoms with E-state index in [9.17, 15) is 9.90 Å². The number of hydrogen-bond donors (Lipinski definition) is 2. The Kier molecular flexibility index (Phi) is 6.84. The van der Waals surface area contributed by atoms with Gasteiger partial charge >= 0.3 is 0 Å². The van der Waals surface area contributed by atoms with Gasteiger partial charge in [-0.05, 0) is 55.2 Å². The second-order valence-electron chi connectivity index (χ2n) is 12.3. The van der Waals surface area contributed by atoms with Gasteiger partial charge in [0.25, 0.3) is 0 Å². The quantitative estimate of drug-likeness (QED) is 0.592. The number of anilines is 2. The molecule has 0 bridgehead atoms. The average molecular weight is 543 g/mol. The van der Waals surface area contributed by atoms with Crippen molar-refractivity contribution in [3.63, 3.8) is 0 Å². The molecule has 2 aromatic rings. The van der Waals surface area contributed by atoms with Crippen LogP contribution in [0.3, 0.4) is 0 Å². The van der Waals surface area contributed by atoms with Crippen LogP contribution in [0.25, 0.3) is 10.8 Å². The molecule has 1 saturated carbocycles. The Bertz CT molecular complexity index is 1210. The first kappa shape index (κ1) is 26.3. The van der Waals surface area contributed by atoms with Gasteiger partial charge in [-0.1, -0.05) is 25.4 Å². The van der Waals surface area contributed by atoms with E-state index >= 15 is 0 Å². The van der Waals surface area contributed by atoms with Crippen LogP contribution in [-0.2, 0) is 14.3 Å². The van der Waals surface area contributed by atoms with Crippen LogP contribution in [0.4, 0.5) is 11.5 Å². The zero-order valence-electron chi connectivity index (χ0n) is 22.6. The molecule has 1 aliphatic carbocycles. The highest BCUT2D eigenvalue weighted by atomic mass is 35.5. The molecule has 3 aliphatic heterocycles. The lowest BCUT2D eigenvalue weighted by molar-refractivity contribution is -0.118. The first-order valence-electron chi connectivity index (χ1n) is 14.0. The van der Waals surface area contributed by atoms with Crippen molar-refractivity contribution < 1.29 is 19.4 Å². The highest BCUT2D eigenvalue weighted by Crippen LogP contribution is 2.61. The van der Waals surface area contributed by atoms with Gasteiger partial charge in [-0.3, -0.25) is 9.69 Å². The first-order valence-corrected chi connectivity index (χ1v) is 14.3. The van der Waals surface area contributed by atoms with Crippen molar-refractivity contribution in [2.24, 2.45) is 17.3 Å². The van der Waals surface area contributed by atoms with Crippen molar-refractivity contribution in [3.05, 3.63) is 29.4 Å². The molecule has 0 radical (unpaired) electrons. The number of nitrogens with zero attached hydrogens (tertiary/aromatic N) is 3. The van der Waals surface area contributed by atoms with Crippen molar-refractivity contribution in [2.75, 3.05) is 56.2 Å². The maximum absolute atomic E-state index is 13.3. The Balaban J connectivity index is 1.15. The number of aromatic nitrogens is 1. The molecule has 2 N–H and O–H groups in total. The standard InChI is InChI=1S/C29H39ClN4O4/c1-28(2)25(22-6-4-5-11-38-22)26(28)27(36)32-24-14-18-13-21(20(30)12-19(18)15-31-24)33-7-9-34(10-8-33)29(3)17-37-16-23(29)35/h12-15,22-23,25-26,35H,4-11,16-17H2,1-3H3,(H,31,32,36)/t22-,23+,25-,26+,29-/m1/s1. The smallest absolute Gasteiger partial charge is 0.229 e.